The van der Waals surface area contributed by atoms with Gasteiger partial charge in [0.15, 0.2) is 0 Å². The molecule has 0 aliphatic rings. The van der Waals surface area contributed by atoms with Gasteiger partial charge in [0.1, 0.15) is 11.7 Å². The summed E-state index contributed by atoms with van der Waals surface area (Å²) in [5.74, 6) is 1.41. The van der Waals surface area contributed by atoms with Gasteiger partial charge in [0.05, 0.1) is 0 Å². The van der Waals surface area contributed by atoms with Gasteiger partial charge in [0.2, 0.25) is 0 Å². The van der Waals surface area contributed by atoms with Gasteiger partial charge in [-0.15, -0.1) is 0 Å². The summed E-state index contributed by atoms with van der Waals surface area (Å²) >= 11 is 0. The Morgan fingerprint density at radius 1 is 1.07 bits per heavy atom. The predicted octanol–water partition coefficient (Wildman–Crippen LogP) is 3.06. The topological polar surface area (TPSA) is 48.2 Å². The van der Waals surface area contributed by atoms with Gasteiger partial charge in [0, 0.05) is 17.4 Å². The first-order valence-corrected chi connectivity index (χ1v) is 5.50. The highest BCUT2D eigenvalue weighted by Crippen LogP contribution is 2.18. The summed E-state index contributed by atoms with van der Waals surface area (Å²) in [5, 5.41) is 11.1. The monoisotopic (exact) mass is 211 g/mol. The standard InChI is InChI=1S/C12H25N3/c1-8-14-10(12(5,6)7)15-9(13)11(2,3)4/h8H2,1-7H3,(H2,13,14,15). The quantitative estimate of drug-likeness (QED) is 0.508. The summed E-state index contributed by atoms with van der Waals surface area (Å²) in [6.07, 6.45) is 0. The minimum Gasteiger partial charge on any atom is -0.332 e. The van der Waals surface area contributed by atoms with Crippen molar-refractivity contribution in [1.82, 2.24) is 5.32 Å². The number of nitrogens with zero attached hydrogens (tertiary/aromatic N) is 1. The molecule has 0 heterocycles. The minimum absolute atomic E-state index is 0.0342. The molecular formula is C12H25N3. The molecule has 0 unspecified atom stereocenters. The third-order valence-corrected chi connectivity index (χ3v) is 2.02. The van der Waals surface area contributed by atoms with Crippen LogP contribution in [0.25, 0.3) is 0 Å². The van der Waals surface area contributed by atoms with Gasteiger partial charge in [0.25, 0.3) is 0 Å². The second-order valence-corrected chi connectivity index (χ2v) is 5.82. The minimum atomic E-state index is -0.153. The van der Waals surface area contributed by atoms with E-state index in [0.717, 1.165) is 12.4 Å². The Labute approximate surface area is 93.9 Å². The first-order chi connectivity index (χ1) is 6.59. The van der Waals surface area contributed by atoms with E-state index >= 15 is 0 Å². The molecule has 0 aromatic heterocycles. The van der Waals surface area contributed by atoms with Gasteiger partial charge < -0.3 is 5.32 Å². The lowest BCUT2D eigenvalue weighted by molar-refractivity contribution is 0.548. The van der Waals surface area contributed by atoms with Gasteiger partial charge in [-0.2, -0.15) is 0 Å². The fraction of sp³-hybridized carbons (Fsp3) is 0.833. The smallest absolute Gasteiger partial charge is 0.107 e. The number of aliphatic imine (C=N–C) groups is 1. The van der Waals surface area contributed by atoms with Crippen molar-refractivity contribution in [2.75, 3.05) is 6.54 Å². The van der Waals surface area contributed by atoms with Crippen LogP contribution in [0.15, 0.2) is 4.99 Å². The van der Waals surface area contributed by atoms with Crippen LogP contribution in [-0.4, -0.2) is 18.2 Å². The molecule has 0 aromatic carbocycles. The SMILES string of the molecule is CCN=C(NC(=N)C(C)(C)C)C(C)(C)C. The number of rotatable bonds is 1. The molecule has 0 rings (SSSR count). The normalized spacial score (nSPS) is 13.9. The van der Waals surface area contributed by atoms with Crippen LogP contribution in [0.1, 0.15) is 48.5 Å². The molecule has 0 spiro atoms. The molecule has 2 N–H and O–H groups in total. The van der Waals surface area contributed by atoms with Gasteiger partial charge >= 0.3 is 0 Å². The summed E-state index contributed by atoms with van der Waals surface area (Å²) in [6.45, 7) is 15.1. The van der Waals surface area contributed by atoms with E-state index in [9.17, 15) is 0 Å². The predicted molar refractivity (Wildman–Crippen MR) is 67.7 cm³/mol. The van der Waals surface area contributed by atoms with Crippen LogP contribution in [0.3, 0.4) is 0 Å². The fourth-order valence-corrected chi connectivity index (χ4v) is 0.928. The summed E-state index contributed by atoms with van der Waals surface area (Å²) in [6, 6.07) is 0. The van der Waals surface area contributed by atoms with Crippen molar-refractivity contribution in [1.29, 1.82) is 5.41 Å². The average molecular weight is 211 g/mol. The van der Waals surface area contributed by atoms with Crippen LogP contribution in [0.5, 0.6) is 0 Å². The third-order valence-electron chi connectivity index (χ3n) is 2.02. The maximum Gasteiger partial charge on any atom is 0.107 e. The van der Waals surface area contributed by atoms with E-state index in [0.29, 0.717) is 5.84 Å². The molecule has 0 amide bonds. The number of hydrogen-bond donors (Lipinski definition) is 2. The molecule has 0 saturated carbocycles. The van der Waals surface area contributed by atoms with Crippen molar-refractivity contribution in [3.8, 4) is 0 Å². The zero-order valence-electron chi connectivity index (χ0n) is 11.2. The molecule has 3 nitrogen and oxygen atoms in total. The Morgan fingerprint density at radius 3 is 1.80 bits per heavy atom. The van der Waals surface area contributed by atoms with Gasteiger partial charge in [-0.25, -0.2) is 0 Å². The molecule has 88 valence electrons. The molecule has 0 atom stereocenters. The molecule has 0 fully saturated rings. The maximum absolute atomic E-state index is 7.94. The van der Waals surface area contributed by atoms with Gasteiger partial charge in [-0.3, -0.25) is 10.4 Å². The van der Waals surface area contributed by atoms with E-state index in [4.69, 9.17) is 5.41 Å². The summed E-state index contributed by atoms with van der Waals surface area (Å²) in [5.41, 5.74) is -0.187. The molecule has 0 aliphatic carbocycles. The molecule has 0 saturated heterocycles. The lowest BCUT2D eigenvalue weighted by Crippen LogP contribution is -2.44. The largest absolute Gasteiger partial charge is 0.332 e. The van der Waals surface area contributed by atoms with Crippen molar-refractivity contribution in [3.63, 3.8) is 0 Å². The first kappa shape index (κ1) is 14.1. The highest BCUT2D eigenvalue weighted by Gasteiger charge is 2.24. The van der Waals surface area contributed by atoms with Crippen molar-refractivity contribution >= 4 is 11.7 Å². The van der Waals surface area contributed by atoms with Crippen LogP contribution in [0, 0.1) is 16.2 Å². The van der Waals surface area contributed by atoms with Crippen LogP contribution in [0.4, 0.5) is 0 Å². The Kier molecular flexibility index (Phi) is 4.50. The van der Waals surface area contributed by atoms with Crippen molar-refractivity contribution in [3.05, 3.63) is 0 Å². The molecule has 0 bridgehead atoms. The Bertz CT molecular complexity index is 251. The van der Waals surface area contributed by atoms with Gasteiger partial charge in [-0.05, 0) is 6.92 Å². The maximum atomic E-state index is 7.94. The first-order valence-electron chi connectivity index (χ1n) is 5.50. The van der Waals surface area contributed by atoms with Crippen molar-refractivity contribution in [2.24, 2.45) is 15.8 Å². The van der Waals surface area contributed by atoms with Crippen LogP contribution in [-0.2, 0) is 0 Å². The lowest BCUT2D eigenvalue weighted by Gasteiger charge is -2.28. The molecule has 0 radical (unpaired) electrons. The van der Waals surface area contributed by atoms with Crippen LogP contribution < -0.4 is 5.32 Å². The van der Waals surface area contributed by atoms with Crippen molar-refractivity contribution < 1.29 is 0 Å². The highest BCUT2D eigenvalue weighted by atomic mass is 15.1. The molecule has 15 heavy (non-hydrogen) atoms. The Hall–Kier alpha value is -0.860. The van der Waals surface area contributed by atoms with E-state index in [2.05, 4.69) is 31.1 Å². The summed E-state index contributed by atoms with van der Waals surface area (Å²) in [7, 11) is 0. The number of amidine groups is 2. The molecular weight excluding hydrogens is 186 g/mol. The van der Waals surface area contributed by atoms with E-state index in [1.54, 1.807) is 0 Å². The second-order valence-electron chi connectivity index (χ2n) is 5.82. The zero-order chi connectivity index (χ0) is 12.3. The van der Waals surface area contributed by atoms with Crippen LogP contribution in [0.2, 0.25) is 0 Å². The zero-order valence-corrected chi connectivity index (χ0v) is 11.2. The van der Waals surface area contributed by atoms with E-state index in [-0.39, 0.29) is 10.8 Å². The highest BCUT2D eigenvalue weighted by molar-refractivity contribution is 6.03. The summed E-state index contributed by atoms with van der Waals surface area (Å²) < 4.78 is 0. The third kappa shape index (κ3) is 4.96. The molecule has 3 heteroatoms. The summed E-state index contributed by atoms with van der Waals surface area (Å²) in [4.78, 5) is 4.41. The Balaban J connectivity index is 4.74. The second kappa shape index (κ2) is 4.77. The van der Waals surface area contributed by atoms with E-state index < -0.39 is 0 Å². The van der Waals surface area contributed by atoms with E-state index in [1.807, 2.05) is 27.7 Å². The number of hydrogen-bond acceptors (Lipinski definition) is 2. The number of nitrogens with one attached hydrogen (secondary N) is 2. The van der Waals surface area contributed by atoms with Gasteiger partial charge in [-0.1, -0.05) is 41.5 Å². The fourth-order valence-electron chi connectivity index (χ4n) is 0.928. The lowest BCUT2D eigenvalue weighted by atomic mass is 9.91. The molecule has 0 aliphatic heterocycles. The molecule has 0 aromatic rings. The van der Waals surface area contributed by atoms with E-state index in [1.165, 1.54) is 0 Å². The van der Waals surface area contributed by atoms with Crippen molar-refractivity contribution in [2.45, 2.75) is 48.5 Å². The van der Waals surface area contributed by atoms with Crippen LogP contribution >= 0.6 is 0 Å². The Morgan fingerprint density at radius 2 is 1.53 bits per heavy atom. The average Bonchev–Trinajstić information content (AvgIpc) is 1.99.